The highest BCUT2D eigenvalue weighted by molar-refractivity contribution is 7.97. The molecule has 1 aromatic rings. The summed E-state index contributed by atoms with van der Waals surface area (Å²) in [5.74, 6) is -8.42. The number of aliphatic hydroxyl groups is 4. The Labute approximate surface area is 263 Å². The lowest BCUT2D eigenvalue weighted by molar-refractivity contribution is -0.169. The first-order valence-corrected chi connectivity index (χ1v) is 16.1. The van der Waals surface area contributed by atoms with Crippen LogP contribution in [0.25, 0.3) is 5.76 Å². The Morgan fingerprint density at radius 3 is 2.47 bits per heavy atom. The molecule has 242 valence electrons. The molecular weight excluding hydrogens is 604 g/mol. The van der Waals surface area contributed by atoms with Crippen LogP contribution in [0.3, 0.4) is 0 Å². The monoisotopic (exact) mass is 642 g/mol. The van der Waals surface area contributed by atoms with Crippen molar-refractivity contribution in [2.75, 3.05) is 25.2 Å². The predicted octanol–water partition coefficient (Wildman–Crippen LogP) is 0.861. The summed E-state index contributed by atoms with van der Waals surface area (Å²) in [6.45, 7) is 1.65. The van der Waals surface area contributed by atoms with E-state index in [0.717, 1.165) is 25.0 Å². The lowest BCUT2D eigenvalue weighted by Crippen LogP contribution is -2.70. The van der Waals surface area contributed by atoms with E-state index in [2.05, 4.69) is 10.0 Å². The SMILES string of the molecule is CC1c2ccc(NC(=O)CC3CCSNC3C3CC3)c(O)c2C(O)=C2C(=O)C3(O)C(O)=C(C(N)=O)C(=O)[C@@H](N(C)C)C3C(O)C21. The van der Waals surface area contributed by atoms with Crippen molar-refractivity contribution >= 4 is 46.8 Å². The second kappa shape index (κ2) is 11.1. The molecular formula is C31H38N4O9S. The summed E-state index contributed by atoms with van der Waals surface area (Å²) >= 11 is 1.67. The van der Waals surface area contributed by atoms with Gasteiger partial charge in [-0.3, -0.25) is 28.8 Å². The smallest absolute Gasteiger partial charge is 0.255 e. The van der Waals surface area contributed by atoms with Gasteiger partial charge in [0.2, 0.25) is 11.7 Å². The number of ketones is 2. The van der Waals surface area contributed by atoms with E-state index in [-0.39, 0.29) is 35.5 Å². The normalized spacial score (nSPS) is 34.8. The number of carbonyl (C=O) groups excluding carboxylic acids is 4. The summed E-state index contributed by atoms with van der Waals surface area (Å²) in [6, 6.07) is 1.87. The minimum absolute atomic E-state index is 0.00718. The van der Waals surface area contributed by atoms with Crippen LogP contribution in [0.4, 0.5) is 5.69 Å². The molecule has 9 N–H and O–H groups in total. The van der Waals surface area contributed by atoms with Crippen LogP contribution in [0.1, 0.15) is 49.7 Å². The zero-order valence-electron chi connectivity index (χ0n) is 25.1. The fraction of sp³-hybridized carbons (Fsp3) is 0.548. The number of aromatic hydroxyl groups is 1. The largest absolute Gasteiger partial charge is 0.508 e. The highest BCUT2D eigenvalue weighted by Crippen LogP contribution is 2.56. The lowest BCUT2D eigenvalue weighted by atomic mass is 9.54. The van der Waals surface area contributed by atoms with Crippen LogP contribution in [0.5, 0.6) is 5.75 Å². The molecule has 0 bridgehead atoms. The number of hydrogen-bond donors (Lipinski definition) is 8. The highest BCUT2D eigenvalue weighted by Gasteiger charge is 2.68. The number of nitrogens with two attached hydrogens (primary N) is 1. The Morgan fingerprint density at radius 1 is 1.16 bits per heavy atom. The van der Waals surface area contributed by atoms with Crippen LogP contribution in [-0.4, -0.2) is 97.5 Å². The molecule has 0 aromatic heterocycles. The van der Waals surface area contributed by atoms with Gasteiger partial charge in [0, 0.05) is 29.7 Å². The van der Waals surface area contributed by atoms with Crippen molar-refractivity contribution in [2.24, 2.45) is 29.4 Å². The van der Waals surface area contributed by atoms with Gasteiger partial charge in [0.05, 0.1) is 29.3 Å². The molecule has 1 aromatic carbocycles. The molecule has 1 saturated heterocycles. The zero-order chi connectivity index (χ0) is 32.7. The van der Waals surface area contributed by atoms with Crippen molar-refractivity contribution in [2.45, 2.75) is 62.3 Å². The van der Waals surface area contributed by atoms with E-state index in [9.17, 15) is 44.7 Å². The number of anilines is 1. The van der Waals surface area contributed by atoms with Gasteiger partial charge in [0.15, 0.2) is 11.4 Å². The van der Waals surface area contributed by atoms with Crippen molar-refractivity contribution in [1.82, 2.24) is 9.62 Å². The number of carbonyl (C=O) groups is 4. The number of benzene rings is 1. The number of phenolic OH excluding ortho intramolecular Hbond substituents is 1. The van der Waals surface area contributed by atoms with Crippen molar-refractivity contribution in [3.63, 3.8) is 0 Å². The Morgan fingerprint density at radius 2 is 1.84 bits per heavy atom. The van der Waals surface area contributed by atoms with Gasteiger partial charge in [-0.15, -0.1) is 0 Å². The molecule has 0 radical (unpaired) electrons. The zero-order valence-corrected chi connectivity index (χ0v) is 25.9. The first kappa shape index (κ1) is 31.5. The molecule has 4 aliphatic carbocycles. The maximum atomic E-state index is 14.2. The number of rotatable bonds is 6. The van der Waals surface area contributed by atoms with E-state index in [1.807, 2.05) is 0 Å². The first-order valence-electron chi connectivity index (χ1n) is 15.1. The van der Waals surface area contributed by atoms with E-state index in [1.54, 1.807) is 24.9 Å². The second-order valence-electron chi connectivity index (χ2n) is 13.1. The number of primary amides is 1. The van der Waals surface area contributed by atoms with Crippen molar-refractivity contribution in [3.8, 4) is 5.75 Å². The molecule has 3 fully saturated rings. The van der Waals surface area contributed by atoms with Gasteiger partial charge in [-0.05, 0) is 62.7 Å². The molecule has 2 amide bonds. The van der Waals surface area contributed by atoms with Gasteiger partial charge in [0.1, 0.15) is 22.8 Å². The standard InChI is InChI=1S/C31H38N4O9S/c1-11-14-6-7-15(33-16(36)10-13-8-9-45-34-22(13)12-4-5-12)24(37)18(14)25(38)19-17(11)26(39)21-23(35(2)3)27(40)20(30(32)43)29(42)31(21,44)28(19)41/h6-7,11-13,17,21-23,26,34,37-39,42,44H,4-5,8-10H2,1-3H3,(H2,32,43)(H,33,36)/t11?,13?,17?,21?,22?,23-,26?,31?/m0/s1. The topological polar surface area (TPSA) is 223 Å². The third-order valence-electron chi connectivity index (χ3n) is 10.3. The number of hydrogen-bond acceptors (Lipinski definition) is 12. The lowest BCUT2D eigenvalue weighted by Gasteiger charge is -2.53. The summed E-state index contributed by atoms with van der Waals surface area (Å²) in [6.07, 6.45) is 1.69. The van der Waals surface area contributed by atoms with Crippen LogP contribution in [0.2, 0.25) is 0 Å². The van der Waals surface area contributed by atoms with Crippen LogP contribution < -0.4 is 15.8 Å². The summed E-state index contributed by atoms with van der Waals surface area (Å²) in [7, 11) is 2.90. The Hall–Kier alpha value is -3.43. The molecule has 7 unspecified atom stereocenters. The fourth-order valence-electron chi connectivity index (χ4n) is 7.96. The molecule has 2 saturated carbocycles. The van der Waals surface area contributed by atoms with E-state index in [4.69, 9.17) is 5.73 Å². The Bertz CT molecular complexity index is 1570. The molecule has 45 heavy (non-hydrogen) atoms. The number of phenols is 1. The van der Waals surface area contributed by atoms with E-state index >= 15 is 0 Å². The molecule has 8 atom stereocenters. The summed E-state index contributed by atoms with van der Waals surface area (Å²) in [5, 5.41) is 60.2. The number of Topliss-reactive ketones (excluding diaryl/α,β-unsaturated/α-hetero) is 2. The van der Waals surface area contributed by atoms with Crippen molar-refractivity contribution in [1.29, 1.82) is 0 Å². The molecule has 14 heteroatoms. The van der Waals surface area contributed by atoms with Crippen LogP contribution in [0, 0.1) is 23.7 Å². The van der Waals surface area contributed by atoms with E-state index < -0.39 is 81.4 Å². The van der Waals surface area contributed by atoms with Gasteiger partial charge in [-0.1, -0.05) is 24.9 Å². The average Bonchev–Trinajstić information content (AvgIpc) is 3.82. The predicted molar refractivity (Wildman–Crippen MR) is 164 cm³/mol. The molecule has 1 heterocycles. The number of fused-ring (bicyclic) bond motifs is 3. The fourth-order valence-corrected chi connectivity index (χ4v) is 9.08. The minimum Gasteiger partial charge on any atom is -0.508 e. The number of amides is 2. The quantitative estimate of drug-likeness (QED) is 0.123. The summed E-state index contributed by atoms with van der Waals surface area (Å²) < 4.78 is 3.45. The average molecular weight is 643 g/mol. The molecule has 0 spiro atoms. The van der Waals surface area contributed by atoms with Crippen molar-refractivity contribution in [3.05, 3.63) is 40.2 Å². The van der Waals surface area contributed by atoms with Crippen LogP contribution in [0.15, 0.2) is 29.0 Å². The molecule has 1 aliphatic heterocycles. The molecule has 5 aliphatic rings. The van der Waals surface area contributed by atoms with Gasteiger partial charge >= 0.3 is 0 Å². The third kappa shape index (κ3) is 4.68. The summed E-state index contributed by atoms with van der Waals surface area (Å²) in [5.41, 5.74) is 1.11. The third-order valence-corrected chi connectivity index (χ3v) is 11.2. The maximum absolute atomic E-state index is 14.2. The number of nitrogens with zero attached hydrogens (tertiary/aromatic N) is 1. The minimum atomic E-state index is -2.99. The van der Waals surface area contributed by atoms with Crippen molar-refractivity contribution < 1.29 is 44.7 Å². The molecule has 13 nitrogen and oxygen atoms in total. The van der Waals surface area contributed by atoms with E-state index in [1.165, 1.54) is 25.1 Å². The van der Waals surface area contributed by atoms with Gasteiger partial charge in [-0.25, -0.2) is 0 Å². The van der Waals surface area contributed by atoms with Gasteiger partial charge in [-0.2, -0.15) is 0 Å². The van der Waals surface area contributed by atoms with Gasteiger partial charge < -0.3 is 36.6 Å². The maximum Gasteiger partial charge on any atom is 0.255 e. The number of likely N-dealkylation sites (N-methyl/N-ethyl adjacent to an activating group) is 1. The van der Waals surface area contributed by atoms with Crippen LogP contribution >= 0.6 is 11.9 Å². The molecule has 6 rings (SSSR count). The van der Waals surface area contributed by atoms with Gasteiger partial charge in [0.25, 0.3) is 5.91 Å². The summed E-state index contributed by atoms with van der Waals surface area (Å²) in [4.78, 5) is 54.1. The van der Waals surface area contributed by atoms with Crippen LogP contribution in [-0.2, 0) is 19.2 Å². The Balaban J connectivity index is 1.39. The highest BCUT2D eigenvalue weighted by atomic mass is 32.2. The number of nitrogens with one attached hydrogen (secondary N) is 2. The second-order valence-corrected chi connectivity index (χ2v) is 14.0. The number of aliphatic hydroxyl groups excluding tert-OH is 3. The van der Waals surface area contributed by atoms with E-state index in [0.29, 0.717) is 11.5 Å². The first-order chi connectivity index (χ1) is 21.2. The Kier molecular flexibility index (Phi) is 7.80.